The second kappa shape index (κ2) is 5.54. The molecule has 0 spiro atoms. The lowest BCUT2D eigenvalue weighted by Gasteiger charge is -2.27. The SMILES string of the molecule is CCc1cc(OC)c(C2(N)CCCC2)cc1SC. The summed E-state index contributed by atoms with van der Waals surface area (Å²) in [5.74, 6) is 0.967. The van der Waals surface area contributed by atoms with Crippen LogP contribution in [0.15, 0.2) is 17.0 Å². The molecular weight excluding hydrogens is 242 g/mol. The van der Waals surface area contributed by atoms with Gasteiger partial charge in [0.2, 0.25) is 0 Å². The molecule has 18 heavy (non-hydrogen) atoms. The summed E-state index contributed by atoms with van der Waals surface area (Å²) in [6.07, 6.45) is 7.76. The van der Waals surface area contributed by atoms with Crippen LogP contribution in [0, 0.1) is 0 Å². The van der Waals surface area contributed by atoms with Gasteiger partial charge in [-0.1, -0.05) is 19.8 Å². The Labute approximate surface area is 114 Å². The maximum atomic E-state index is 6.58. The highest BCUT2D eigenvalue weighted by atomic mass is 32.2. The number of hydrogen-bond acceptors (Lipinski definition) is 3. The summed E-state index contributed by atoms with van der Waals surface area (Å²) in [6, 6.07) is 4.43. The van der Waals surface area contributed by atoms with Crippen LogP contribution in [0.25, 0.3) is 0 Å². The van der Waals surface area contributed by atoms with Crippen molar-refractivity contribution in [3.8, 4) is 5.75 Å². The molecule has 3 heteroatoms. The number of nitrogens with two attached hydrogens (primary N) is 1. The van der Waals surface area contributed by atoms with Crippen molar-refractivity contribution in [2.24, 2.45) is 5.73 Å². The lowest BCUT2D eigenvalue weighted by atomic mass is 9.87. The quantitative estimate of drug-likeness (QED) is 0.843. The van der Waals surface area contributed by atoms with Gasteiger partial charge in [0.15, 0.2) is 0 Å². The molecule has 0 atom stereocenters. The highest BCUT2D eigenvalue weighted by Crippen LogP contribution is 2.42. The minimum absolute atomic E-state index is 0.178. The summed E-state index contributed by atoms with van der Waals surface area (Å²) >= 11 is 1.80. The molecule has 100 valence electrons. The van der Waals surface area contributed by atoms with Crippen molar-refractivity contribution >= 4 is 11.8 Å². The summed E-state index contributed by atoms with van der Waals surface area (Å²) < 4.78 is 5.58. The average Bonchev–Trinajstić information content (AvgIpc) is 2.85. The molecule has 0 radical (unpaired) electrons. The molecule has 2 nitrogen and oxygen atoms in total. The van der Waals surface area contributed by atoms with Gasteiger partial charge in [0, 0.05) is 16.0 Å². The second-order valence-electron chi connectivity index (χ2n) is 5.08. The van der Waals surface area contributed by atoms with Crippen molar-refractivity contribution in [2.75, 3.05) is 13.4 Å². The van der Waals surface area contributed by atoms with Crippen LogP contribution >= 0.6 is 11.8 Å². The fraction of sp³-hybridized carbons (Fsp3) is 0.600. The van der Waals surface area contributed by atoms with Crippen molar-refractivity contribution < 1.29 is 4.74 Å². The number of aryl methyl sites for hydroxylation is 1. The first kappa shape index (κ1) is 13.8. The first-order valence-electron chi connectivity index (χ1n) is 6.69. The fourth-order valence-electron chi connectivity index (χ4n) is 2.90. The van der Waals surface area contributed by atoms with Gasteiger partial charge in [-0.3, -0.25) is 0 Å². The predicted octanol–water partition coefficient (Wildman–Crippen LogP) is 3.71. The van der Waals surface area contributed by atoms with Crippen molar-refractivity contribution in [1.82, 2.24) is 0 Å². The predicted molar refractivity (Wildman–Crippen MR) is 78.5 cm³/mol. The third-order valence-corrected chi connectivity index (χ3v) is 4.84. The van der Waals surface area contributed by atoms with Crippen LogP contribution in [-0.4, -0.2) is 13.4 Å². The van der Waals surface area contributed by atoms with Crippen LogP contribution in [0.5, 0.6) is 5.75 Å². The molecule has 1 aliphatic carbocycles. The van der Waals surface area contributed by atoms with E-state index in [0.717, 1.165) is 25.0 Å². The zero-order valence-corrected chi connectivity index (χ0v) is 12.4. The number of thioether (sulfide) groups is 1. The smallest absolute Gasteiger partial charge is 0.124 e. The maximum absolute atomic E-state index is 6.58. The minimum Gasteiger partial charge on any atom is -0.496 e. The van der Waals surface area contributed by atoms with Crippen LogP contribution in [0.3, 0.4) is 0 Å². The number of rotatable bonds is 4. The van der Waals surface area contributed by atoms with Crippen LogP contribution < -0.4 is 10.5 Å². The number of ether oxygens (including phenoxy) is 1. The first-order chi connectivity index (χ1) is 8.64. The van der Waals surface area contributed by atoms with Gasteiger partial charge < -0.3 is 10.5 Å². The third-order valence-electron chi connectivity index (χ3n) is 4.02. The summed E-state index contributed by atoms with van der Waals surface area (Å²) in [5, 5.41) is 0. The van der Waals surface area contributed by atoms with Crippen LogP contribution in [0.1, 0.15) is 43.7 Å². The van der Waals surface area contributed by atoms with Gasteiger partial charge >= 0.3 is 0 Å². The van der Waals surface area contributed by atoms with E-state index in [4.69, 9.17) is 10.5 Å². The molecule has 1 saturated carbocycles. The molecular formula is C15H23NOS. The van der Waals surface area contributed by atoms with Gasteiger partial charge in [-0.2, -0.15) is 0 Å². The molecule has 0 bridgehead atoms. The number of benzene rings is 1. The van der Waals surface area contributed by atoms with E-state index >= 15 is 0 Å². The molecule has 0 aliphatic heterocycles. The van der Waals surface area contributed by atoms with E-state index in [1.165, 1.54) is 28.9 Å². The Hall–Kier alpha value is -0.670. The van der Waals surface area contributed by atoms with Crippen LogP contribution in [0.2, 0.25) is 0 Å². The Bertz CT molecular complexity index is 425. The maximum Gasteiger partial charge on any atom is 0.124 e. The molecule has 2 rings (SSSR count). The highest BCUT2D eigenvalue weighted by molar-refractivity contribution is 7.98. The van der Waals surface area contributed by atoms with Gasteiger partial charge in [-0.05, 0) is 43.2 Å². The Morgan fingerprint density at radius 2 is 2.00 bits per heavy atom. The normalized spacial score (nSPS) is 18.0. The molecule has 0 heterocycles. The van der Waals surface area contributed by atoms with E-state index in [9.17, 15) is 0 Å². The van der Waals surface area contributed by atoms with Gasteiger partial charge in [0.25, 0.3) is 0 Å². The van der Waals surface area contributed by atoms with Crippen molar-refractivity contribution in [2.45, 2.75) is 49.5 Å². The Morgan fingerprint density at radius 1 is 1.33 bits per heavy atom. The number of methoxy groups -OCH3 is 1. The zero-order valence-electron chi connectivity index (χ0n) is 11.6. The molecule has 1 aromatic rings. The number of hydrogen-bond donors (Lipinski definition) is 1. The lowest BCUT2D eigenvalue weighted by Crippen LogP contribution is -2.33. The molecule has 1 aliphatic rings. The van der Waals surface area contributed by atoms with E-state index in [1.807, 2.05) is 0 Å². The third kappa shape index (κ3) is 2.39. The van der Waals surface area contributed by atoms with E-state index in [2.05, 4.69) is 25.3 Å². The summed E-state index contributed by atoms with van der Waals surface area (Å²) in [7, 11) is 1.75. The fourth-order valence-corrected chi connectivity index (χ4v) is 3.60. The lowest BCUT2D eigenvalue weighted by molar-refractivity contribution is 0.378. The largest absolute Gasteiger partial charge is 0.496 e. The van der Waals surface area contributed by atoms with Crippen molar-refractivity contribution in [3.63, 3.8) is 0 Å². The van der Waals surface area contributed by atoms with Crippen LogP contribution in [0.4, 0.5) is 0 Å². The van der Waals surface area contributed by atoms with Crippen molar-refractivity contribution in [1.29, 1.82) is 0 Å². The molecule has 2 N–H and O–H groups in total. The van der Waals surface area contributed by atoms with Gasteiger partial charge in [0.1, 0.15) is 5.75 Å². The van der Waals surface area contributed by atoms with Gasteiger partial charge in [-0.15, -0.1) is 11.8 Å². The minimum atomic E-state index is -0.178. The Balaban J connectivity index is 2.51. The zero-order chi connectivity index (χ0) is 13.2. The summed E-state index contributed by atoms with van der Waals surface area (Å²) in [4.78, 5) is 1.34. The topological polar surface area (TPSA) is 35.2 Å². The Kier molecular flexibility index (Phi) is 4.23. The van der Waals surface area contributed by atoms with Gasteiger partial charge in [-0.25, -0.2) is 0 Å². The monoisotopic (exact) mass is 265 g/mol. The molecule has 0 aromatic heterocycles. The van der Waals surface area contributed by atoms with E-state index in [0.29, 0.717) is 0 Å². The molecule has 0 unspecified atom stereocenters. The summed E-state index contributed by atoms with van der Waals surface area (Å²) in [5.41, 5.74) is 8.95. The molecule has 1 fully saturated rings. The van der Waals surface area contributed by atoms with E-state index in [1.54, 1.807) is 18.9 Å². The van der Waals surface area contributed by atoms with E-state index in [-0.39, 0.29) is 5.54 Å². The van der Waals surface area contributed by atoms with Crippen LogP contribution in [-0.2, 0) is 12.0 Å². The molecule has 0 saturated heterocycles. The first-order valence-corrected chi connectivity index (χ1v) is 7.91. The Morgan fingerprint density at radius 3 is 2.50 bits per heavy atom. The van der Waals surface area contributed by atoms with Gasteiger partial charge in [0.05, 0.1) is 7.11 Å². The average molecular weight is 265 g/mol. The molecule has 0 amide bonds. The summed E-state index contributed by atoms with van der Waals surface area (Å²) in [6.45, 7) is 2.18. The second-order valence-corrected chi connectivity index (χ2v) is 5.93. The van der Waals surface area contributed by atoms with Crippen molar-refractivity contribution in [3.05, 3.63) is 23.3 Å². The van der Waals surface area contributed by atoms with E-state index < -0.39 is 0 Å². The molecule has 1 aromatic carbocycles. The standard InChI is InChI=1S/C15H23NOS/c1-4-11-9-13(17-2)12(10-14(11)18-3)15(16)7-5-6-8-15/h9-10H,4-8,16H2,1-3H3. The highest BCUT2D eigenvalue weighted by Gasteiger charge is 2.34.